The van der Waals surface area contributed by atoms with Crippen molar-refractivity contribution in [3.8, 4) is 5.75 Å². The van der Waals surface area contributed by atoms with E-state index in [9.17, 15) is 4.79 Å². The molecule has 1 heterocycles. The predicted octanol–water partition coefficient (Wildman–Crippen LogP) is 2.36. The monoisotopic (exact) mass is 319 g/mol. The highest BCUT2D eigenvalue weighted by atomic mass is 16.5. The van der Waals surface area contributed by atoms with Crippen molar-refractivity contribution in [1.29, 1.82) is 0 Å². The van der Waals surface area contributed by atoms with Crippen molar-refractivity contribution in [3.63, 3.8) is 0 Å². The van der Waals surface area contributed by atoms with Gasteiger partial charge >= 0.3 is 0 Å². The number of carbonyl (C=O) groups is 1. The Morgan fingerprint density at radius 1 is 1.43 bits per heavy atom. The van der Waals surface area contributed by atoms with E-state index in [0.717, 1.165) is 11.3 Å². The van der Waals surface area contributed by atoms with Crippen molar-refractivity contribution in [1.82, 2.24) is 4.90 Å². The number of benzene rings is 1. The minimum Gasteiger partial charge on any atom is -0.496 e. The zero-order valence-electron chi connectivity index (χ0n) is 14.0. The van der Waals surface area contributed by atoms with E-state index in [1.54, 1.807) is 24.2 Å². The summed E-state index contributed by atoms with van der Waals surface area (Å²) in [7, 11) is 1.62. The fraction of sp³-hybridized carbons (Fsp3) is 0.500. The SMILES string of the molecule is COc1ccccc1/C=C/C(=O)N1CCOC(COC(C)C)C1. The highest BCUT2D eigenvalue weighted by Crippen LogP contribution is 2.19. The largest absolute Gasteiger partial charge is 0.496 e. The van der Waals surface area contributed by atoms with Gasteiger partial charge in [0, 0.05) is 24.7 Å². The number of morpholine rings is 1. The fourth-order valence-corrected chi connectivity index (χ4v) is 2.39. The molecule has 5 heteroatoms. The summed E-state index contributed by atoms with van der Waals surface area (Å²) in [5, 5.41) is 0. The van der Waals surface area contributed by atoms with Gasteiger partial charge in [-0.2, -0.15) is 0 Å². The molecule has 1 atom stereocenters. The topological polar surface area (TPSA) is 48.0 Å². The van der Waals surface area contributed by atoms with Crippen molar-refractivity contribution in [3.05, 3.63) is 35.9 Å². The van der Waals surface area contributed by atoms with Crippen molar-refractivity contribution in [2.45, 2.75) is 26.1 Å². The average Bonchev–Trinajstić information content (AvgIpc) is 2.58. The lowest BCUT2D eigenvalue weighted by Crippen LogP contribution is -2.46. The molecule has 1 amide bonds. The third kappa shape index (κ3) is 5.37. The Hall–Kier alpha value is -1.85. The van der Waals surface area contributed by atoms with Gasteiger partial charge in [0.25, 0.3) is 0 Å². The van der Waals surface area contributed by atoms with Crippen LogP contribution in [0.2, 0.25) is 0 Å². The minimum absolute atomic E-state index is 0.0197. The number of hydrogen-bond donors (Lipinski definition) is 0. The average molecular weight is 319 g/mol. The summed E-state index contributed by atoms with van der Waals surface area (Å²) in [4.78, 5) is 14.2. The molecule has 0 N–H and O–H groups in total. The van der Waals surface area contributed by atoms with Crippen LogP contribution in [0.5, 0.6) is 5.75 Å². The summed E-state index contributed by atoms with van der Waals surface area (Å²) in [6.45, 7) is 6.19. The van der Waals surface area contributed by atoms with E-state index in [0.29, 0.717) is 26.3 Å². The Bertz CT molecular complexity index is 542. The van der Waals surface area contributed by atoms with E-state index < -0.39 is 0 Å². The number of hydrogen-bond acceptors (Lipinski definition) is 4. The van der Waals surface area contributed by atoms with Gasteiger partial charge in [0.05, 0.1) is 32.5 Å². The first-order chi connectivity index (χ1) is 11.1. The van der Waals surface area contributed by atoms with Gasteiger partial charge in [0.2, 0.25) is 5.91 Å². The highest BCUT2D eigenvalue weighted by Gasteiger charge is 2.23. The van der Waals surface area contributed by atoms with Crippen LogP contribution in [0.15, 0.2) is 30.3 Å². The summed E-state index contributed by atoms with van der Waals surface area (Å²) in [5.41, 5.74) is 0.885. The highest BCUT2D eigenvalue weighted by molar-refractivity contribution is 5.92. The summed E-state index contributed by atoms with van der Waals surface area (Å²) in [6, 6.07) is 7.61. The van der Waals surface area contributed by atoms with E-state index in [4.69, 9.17) is 14.2 Å². The molecule has 23 heavy (non-hydrogen) atoms. The number of nitrogens with zero attached hydrogens (tertiary/aromatic N) is 1. The van der Waals surface area contributed by atoms with Gasteiger partial charge in [-0.05, 0) is 26.0 Å². The van der Waals surface area contributed by atoms with Crippen LogP contribution in [-0.4, -0.2) is 56.4 Å². The second kappa shape index (κ2) is 8.70. The normalized spacial score (nSPS) is 18.6. The summed E-state index contributed by atoms with van der Waals surface area (Å²) in [6.07, 6.45) is 3.48. The number of para-hydroxylation sites is 1. The molecule has 0 aromatic heterocycles. The molecule has 0 bridgehead atoms. The summed E-state index contributed by atoms with van der Waals surface area (Å²) < 4.78 is 16.5. The molecule has 1 saturated heterocycles. The third-order valence-corrected chi connectivity index (χ3v) is 3.61. The molecular weight excluding hydrogens is 294 g/mol. The predicted molar refractivity (Wildman–Crippen MR) is 89.4 cm³/mol. The van der Waals surface area contributed by atoms with E-state index in [1.165, 1.54) is 0 Å². The lowest BCUT2D eigenvalue weighted by Gasteiger charge is -2.32. The Balaban J connectivity index is 1.93. The van der Waals surface area contributed by atoms with Crippen molar-refractivity contribution in [2.24, 2.45) is 0 Å². The lowest BCUT2D eigenvalue weighted by molar-refractivity contribution is -0.137. The van der Waals surface area contributed by atoms with Crippen molar-refractivity contribution in [2.75, 3.05) is 33.4 Å². The van der Waals surface area contributed by atoms with E-state index in [-0.39, 0.29) is 18.1 Å². The van der Waals surface area contributed by atoms with Crippen LogP contribution in [0.4, 0.5) is 0 Å². The maximum atomic E-state index is 12.4. The third-order valence-electron chi connectivity index (χ3n) is 3.61. The van der Waals surface area contributed by atoms with E-state index in [1.807, 2.05) is 38.1 Å². The van der Waals surface area contributed by atoms with Crippen LogP contribution in [0.3, 0.4) is 0 Å². The van der Waals surface area contributed by atoms with Crippen LogP contribution in [0.25, 0.3) is 6.08 Å². The quantitative estimate of drug-likeness (QED) is 0.755. The van der Waals surface area contributed by atoms with Gasteiger partial charge in [0.15, 0.2) is 0 Å². The smallest absolute Gasteiger partial charge is 0.246 e. The number of rotatable bonds is 6. The standard InChI is InChI=1S/C18H25NO4/c1-14(2)23-13-16-12-19(10-11-22-16)18(20)9-8-15-6-4-5-7-17(15)21-3/h4-9,14,16H,10-13H2,1-3H3/b9-8+. The molecule has 1 aliphatic rings. The molecule has 0 saturated carbocycles. The van der Waals surface area contributed by atoms with Crippen LogP contribution < -0.4 is 4.74 Å². The van der Waals surface area contributed by atoms with Gasteiger partial charge in [-0.1, -0.05) is 18.2 Å². The first-order valence-corrected chi connectivity index (χ1v) is 7.93. The zero-order chi connectivity index (χ0) is 16.7. The molecule has 1 unspecified atom stereocenters. The number of carbonyl (C=O) groups excluding carboxylic acids is 1. The molecule has 0 spiro atoms. The second-order valence-electron chi connectivity index (χ2n) is 5.73. The Kier molecular flexibility index (Phi) is 6.62. The van der Waals surface area contributed by atoms with E-state index >= 15 is 0 Å². The molecule has 0 aliphatic carbocycles. The van der Waals surface area contributed by atoms with Crippen LogP contribution in [-0.2, 0) is 14.3 Å². The molecule has 1 aromatic carbocycles. The van der Waals surface area contributed by atoms with Crippen LogP contribution >= 0.6 is 0 Å². The molecular formula is C18H25NO4. The van der Waals surface area contributed by atoms with Gasteiger partial charge < -0.3 is 19.1 Å². The molecule has 126 valence electrons. The maximum absolute atomic E-state index is 12.4. The maximum Gasteiger partial charge on any atom is 0.246 e. The van der Waals surface area contributed by atoms with Gasteiger partial charge in [-0.3, -0.25) is 4.79 Å². The molecule has 1 aliphatic heterocycles. The number of ether oxygens (including phenoxy) is 3. The van der Waals surface area contributed by atoms with Crippen molar-refractivity contribution >= 4 is 12.0 Å². The van der Waals surface area contributed by atoms with Gasteiger partial charge in [-0.25, -0.2) is 0 Å². The van der Waals surface area contributed by atoms with Gasteiger partial charge in [-0.15, -0.1) is 0 Å². The van der Waals surface area contributed by atoms with Crippen LogP contribution in [0, 0.1) is 0 Å². The lowest BCUT2D eigenvalue weighted by atomic mass is 10.2. The first kappa shape index (κ1) is 17.5. The number of methoxy groups -OCH3 is 1. The molecule has 1 fully saturated rings. The Morgan fingerprint density at radius 3 is 2.96 bits per heavy atom. The summed E-state index contributed by atoms with van der Waals surface area (Å²) in [5.74, 6) is 0.732. The van der Waals surface area contributed by atoms with E-state index in [2.05, 4.69) is 0 Å². The number of amides is 1. The molecule has 1 aromatic rings. The van der Waals surface area contributed by atoms with Crippen molar-refractivity contribution < 1.29 is 19.0 Å². The fourth-order valence-electron chi connectivity index (χ4n) is 2.39. The first-order valence-electron chi connectivity index (χ1n) is 7.93. The Morgan fingerprint density at radius 2 is 2.22 bits per heavy atom. The molecule has 5 nitrogen and oxygen atoms in total. The zero-order valence-corrected chi connectivity index (χ0v) is 14.0. The second-order valence-corrected chi connectivity index (χ2v) is 5.73. The molecule has 0 radical (unpaired) electrons. The van der Waals surface area contributed by atoms with Gasteiger partial charge in [0.1, 0.15) is 5.75 Å². The molecule has 2 rings (SSSR count). The minimum atomic E-state index is -0.0604. The summed E-state index contributed by atoms with van der Waals surface area (Å²) >= 11 is 0. The van der Waals surface area contributed by atoms with Crippen LogP contribution in [0.1, 0.15) is 19.4 Å². The Labute approximate surface area is 137 Å².